The van der Waals surface area contributed by atoms with Gasteiger partial charge in [0.1, 0.15) is 0 Å². The lowest BCUT2D eigenvalue weighted by Crippen LogP contribution is -2.39. The van der Waals surface area contributed by atoms with Crippen LogP contribution in [0, 0.1) is 5.92 Å². The fourth-order valence-electron chi connectivity index (χ4n) is 0.329. The Balaban J connectivity index is 3.64. The lowest BCUT2D eigenvalue weighted by atomic mass is 10.1. The van der Waals surface area contributed by atoms with Gasteiger partial charge in [0, 0.05) is 0 Å². The lowest BCUT2D eigenvalue weighted by Gasteiger charge is -2.12. The molecule has 0 rings (SSSR count). The molecule has 0 amide bonds. The normalized spacial score (nSPS) is 14.0. The van der Waals surface area contributed by atoms with E-state index >= 15 is 0 Å². The van der Waals surface area contributed by atoms with E-state index in [9.17, 15) is 0 Å². The van der Waals surface area contributed by atoms with Gasteiger partial charge >= 0.3 is 0 Å². The van der Waals surface area contributed by atoms with E-state index in [1.807, 2.05) is 13.8 Å². The van der Waals surface area contributed by atoms with Crippen LogP contribution < -0.4 is 11.5 Å². The van der Waals surface area contributed by atoms with Gasteiger partial charge in [0.15, 0.2) is 0 Å². The van der Waals surface area contributed by atoms with E-state index in [1.54, 1.807) is 0 Å². The average molecular weight is 132 g/mol. The summed E-state index contributed by atoms with van der Waals surface area (Å²) >= 11 is 4.65. The maximum Gasteiger partial charge on any atom is 0.0900 e. The van der Waals surface area contributed by atoms with E-state index < -0.39 is 0 Å². The molecule has 0 saturated heterocycles. The van der Waals surface area contributed by atoms with Gasteiger partial charge in [-0.15, -0.1) is 0 Å². The van der Waals surface area contributed by atoms with Crippen LogP contribution in [-0.4, -0.2) is 11.0 Å². The van der Waals surface area contributed by atoms with E-state index in [-0.39, 0.29) is 6.04 Å². The van der Waals surface area contributed by atoms with Gasteiger partial charge in [0.25, 0.3) is 0 Å². The molecule has 1 unspecified atom stereocenters. The van der Waals surface area contributed by atoms with Crippen molar-refractivity contribution in [1.29, 1.82) is 0 Å². The van der Waals surface area contributed by atoms with Crippen molar-refractivity contribution in [1.82, 2.24) is 0 Å². The molecule has 0 aromatic carbocycles. The smallest absolute Gasteiger partial charge is 0.0900 e. The van der Waals surface area contributed by atoms with Crippen LogP contribution >= 0.6 is 12.2 Å². The molecule has 4 N–H and O–H groups in total. The van der Waals surface area contributed by atoms with Gasteiger partial charge in [-0.2, -0.15) is 0 Å². The molecule has 0 bridgehead atoms. The molecular weight excluding hydrogens is 120 g/mol. The molecule has 48 valence electrons. The van der Waals surface area contributed by atoms with E-state index in [0.29, 0.717) is 10.9 Å². The fourth-order valence-corrected chi connectivity index (χ4v) is 0.601. The van der Waals surface area contributed by atoms with Crippen molar-refractivity contribution in [2.75, 3.05) is 0 Å². The maximum atomic E-state index is 5.49. The molecule has 3 heteroatoms. The summed E-state index contributed by atoms with van der Waals surface area (Å²) < 4.78 is 0. The summed E-state index contributed by atoms with van der Waals surface area (Å²) in [6.45, 7) is 3.98. The van der Waals surface area contributed by atoms with Gasteiger partial charge in [-0.3, -0.25) is 0 Å². The molecule has 0 aromatic rings. The van der Waals surface area contributed by atoms with Crippen molar-refractivity contribution < 1.29 is 0 Å². The molecular formula is C5H12N2S. The Morgan fingerprint density at radius 2 is 1.88 bits per heavy atom. The third-order valence-electron chi connectivity index (χ3n) is 1.05. The monoisotopic (exact) mass is 132 g/mol. The molecule has 0 saturated carbocycles. The summed E-state index contributed by atoms with van der Waals surface area (Å²) in [7, 11) is 0. The highest BCUT2D eigenvalue weighted by atomic mass is 32.1. The van der Waals surface area contributed by atoms with E-state index in [1.165, 1.54) is 0 Å². The first kappa shape index (κ1) is 7.85. The molecule has 0 aliphatic heterocycles. The van der Waals surface area contributed by atoms with Crippen LogP contribution in [0.1, 0.15) is 13.8 Å². The fraction of sp³-hybridized carbons (Fsp3) is 0.800. The first-order valence-electron chi connectivity index (χ1n) is 2.60. The second-order valence-corrected chi connectivity index (χ2v) is 2.64. The Morgan fingerprint density at radius 1 is 1.50 bits per heavy atom. The summed E-state index contributed by atoms with van der Waals surface area (Å²) in [5.41, 5.74) is 10.7. The topological polar surface area (TPSA) is 52.0 Å². The second-order valence-electron chi connectivity index (χ2n) is 2.17. The van der Waals surface area contributed by atoms with E-state index in [0.717, 1.165) is 0 Å². The number of rotatable bonds is 2. The number of hydrogen-bond donors (Lipinski definition) is 2. The SMILES string of the molecule is CC(C)C(N)C(N)=S. The number of hydrogen-bond acceptors (Lipinski definition) is 2. The maximum absolute atomic E-state index is 5.49. The summed E-state index contributed by atoms with van der Waals surface area (Å²) in [5, 5.41) is 0. The van der Waals surface area contributed by atoms with Gasteiger partial charge in [-0.25, -0.2) is 0 Å². The Labute approximate surface area is 55.2 Å². The summed E-state index contributed by atoms with van der Waals surface area (Å²) in [6, 6.07) is -0.120. The van der Waals surface area contributed by atoms with Gasteiger partial charge in [-0.1, -0.05) is 26.1 Å². The zero-order valence-corrected chi connectivity index (χ0v) is 6.03. The van der Waals surface area contributed by atoms with Crippen molar-refractivity contribution in [3.05, 3.63) is 0 Å². The average Bonchev–Trinajstić information content (AvgIpc) is 1.64. The molecule has 0 spiro atoms. The standard InChI is InChI=1S/C5H12N2S/c1-3(2)4(6)5(7)8/h3-4H,6H2,1-2H3,(H2,7,8). The van der Waals surface area contributed by atoms with Crippen molar-refractivity contribution >= 4 is 17.2 Å². The van der Waals surface area contributed by atoms with E-state index in [2.05, 4.69) is 12.2 Å². The van der Waals surface area contributed by atoms with E-state index in [4.69, 9.17) is 11.5 Å². The highest BCUT2D eigenvalue weighted by molar-refractivity contribution is 7.80. The van der Waals surface area contributed by atoms with Crippen LogP contribution in [0.3, 0.4) is 0 Å². The Kier molecular flexibility index (Phi) is 2.94. The molecule has 8 heavy (non-hydrogen) atoms. The number of thiocarbonyl (C=S) groups is 1. The van der Waals surface area contributed by atoms with Crippen molar-refractivity contribution in [3.63, 3.8) is 0 Å². The zero-order chi connectivity index (χ0) is 6.73. The molecule has 0 aliphatic rings. The predicted octanol–water partition coefficient (Wildman–Crippen LogP) is 0.256. The first-order valence-corrected chi connectivity index (χ1v) is 3.01. The minimum atomic E-state index is -0.120. The Morgan fingerprint density at radius 3 is 1.88 bits per heavy atom. The van der Waals surface area contributed by atoms with Crippen molar-refractivity contribution in [2.45, 2.75) is 19.9 Å². The van der Waals surface area contributed by atoms with Crippen LogP contribution in [0.25, 0.3) is 0 Å². The molecule has 0 radical (unpaired) electrons. The third-order valence-corrected chi connectivity index (χ3v) is 1.32. The van der Waals surface area contributed by atoms with Gasteiger partial charge in [-0.05, 0) is 5.92 Å². The summed E-state index contributed by atoms with van der Waals surface area (Å²) in [6.07, 6.45) is 0. The molecule has 2 nitrogen and oxygen atoms in total. The van der Waals surface area contributed by atoms with Crippen LogP contribution in [-0.2, 0) is 0 Å². The van der Waals surface area contributed by atoms with Gasteiger partial charge < -0.3 is 11.5 Å². The lowest BCUT2D eigenvalue weighted by molar-refractivity contribution is 0.597. The molecule has 0 aromatic heterocycles. The summed E-state index contributed by atoms with van der Waals surface area (Å²) in [5.74, 6) is 0.354. The minimum absolute atomic E-state index is 0.120. The predicted molar refractivity (Wildman–Crippen MR) is 39.6 cm³/mol. The molecule has 0 heterocycles. The molecule has 1 atom stereocenters. The van der Waals surface area contributed by atoms with Crippen molar-refractivity contribution in [2.24, 2.45) is 17.4 Å². The highest BCUT2D eigenvalue weighted by Gasteiger charge is 2.08. The van der Waals surface area contributed by atoms with Crippen LogP contribution in [0.5, 0.6) is 0 Å². The second kappa shape index (κ2) is 2.99. The largest absolute Gasteiger partial charge is 0.392 e. The zero-order valence-electron chi connectivity index (χ0n) is 5.22. The van der Waals surface area contributed by atoms with Gasteiger partial charge in [0.2, 0.25) is 0 Å². The quantitative estimate of drug-likeness (QED) is 0.530. The minimum Gasteiger partial charge on any atom is -0.392 e. The van der Waals surface area contributed by atoms with Gasteiger partial charge in [0.05, 0.1) is 11.0 Å². The van der Waals surface area contributed by atoms with Crippen molar-refractivity contribution in [3.8, 4) is 0 Å². The number of nitrogens with two attached hydrogens (primary N) is 2. The Bertz CT molecular complexity index is 90.4. The summed E-state index contributed by atoms with van der Waals surface area (Å²) in [4.78, 5) is 0.403. The molecule has 0 aliphatic carbocycles. The van der Waals surface area contributed by atoms with Crippen LogP contribution in [0.15, 0.2) is 0 Å². The first-order chi connectivity index (χ1) is 3.55. The Hall–Kier alpha value is -0.150. The van der Waals surface area contributed by atoms with Crippen LogP contribution in [0.4, 0.5) is 0 Å². The third kappa shape index (κ3) is 2.23. The molecule has 0 fully saturated rings. The highest BCUT2D eigenvalue weighted by Crippen LogP contribution is 1.96. The van der Waals surface area contributed by atoms with Crippen LogP contribution in [0.2, 0.25) is 0 Å².